The average Bonchev–Trinajstić information content (AvgIpc) is 2.99. The van der Waals surface area contributed by atoms with Gasteiger partial charge in [-0.15, -0.1) is 0 Å². The Morgan fingerprint density at radius 3 is 2.80 bits per heavy atom. The van der Waals surface area contributed by atoms with E-state index in [1.54, 1.807) is 6.20 Å². The van der Waals surface area contributed by atoms with Gasteiger partial charge in [-0.25, -0.2) is 18.1 Å². The third kappa shape index (κ3) is 3.99. The van der Waals surface area contributed by atoms with E-state index in [2.05, 4.69) is 9.71 Å². The summed E-state index contributed by atoms with van der Waals surface area (Å²) in [5.41, 5.74) is -0.990. The average molecular weight is 394 g/mol. The SMILES string of the molecule is O=S(=O)(NC[C@H]1CCn2ccnc2C1)c1ccc(C(F)(F)F)cc1Cl. The van der Waals surface area contributed by atoms with Crippen LogP contribution in [0.1, 0.15) is 17.8 Å². The van der Waals surface area contributed by atoms with Crippen LogP contribution in [-0.2, 0) is 29.2 Å². The third-order valence-electron chi connectivity index (χ3n) is 4.16. The molecule has 0 aliphatic carbocycles. The lowest BCUT2D eigenvalue weighted by atomic mass is 9.98. The van der Waals surface area contributed by atoms with Gasteiger partial charge >= 0.3 is 6.18 Å². The van der Waals surface area contributed by atoms with E-state index < -0.39 is 26.8 Å². The van der Waals surface area contributed by atoms with Crippen molar-refractivity contribution in [2.75, 3.05) is 6.54 Å². The number of rotatable bonds is 4. The molecular formula is C15H15ClF3N3O2S. The molecule has 1 atom stereocenters. The van der Waals surface area contributed by atoms with Gasteiger partial charge < -0.3 is 4.57 Å². The second kappa shape index (κ2) is 6.62. The van der Waals surface area contributed by atoms with Gasteiger partial charge in [0, 0.05) is 31.9 Å². The number of hydrogen-bond donors (Lipinski definition) is 1. The molecule has 0 saturated carbocycles. The van der Waals surface area contributed by atoms with Crippen LogP contribution in [0.25, 0.3) is 0 Å². The van der Waals surface area contributed by atoms with Crippen molar-refractivity contribution in [3.63, 3.8) is 0 Å². The van der Waals surface area contributed by atoms with Gasteiger partial charge in [-0.05, 0) is 30.5 Å². The number of aryl methyl sites for hydroxylation is 1. The number of hydrogen-bond acceptors (Lipinski definition) is 3. The Kier molecular flexibility index (Phi) is 4.82. The zero-order chi connectivity index (χ0) is 18.2. The van der Waals surface area contributed by atoms with Crippen molar-refractivity contribution >= 4 is 21.6 Å². The summed E-state index contributed by atoms with van der Waals surface area (Å²) in [5, 5.41) is -0.457. The van der Waals surface area contributed by atoms with Crippen LogP contribution in [0, 0.1) is 5.92 Å². The van der Waals surface area contributed by atoms with Gasteiger partial charge in [0.05, 0.1) is 10.6 Å². The lowest BCUT2D eigenvalue weighted by Gasteiger charge is -2.23. The van der Waals surface area contributed by atoms with E-state index in [4.69, 9.17) is 11.6 Å². The zero-order valence-corrected chi connectivity index (χ0v) is 14.5. The summed E-state index contributed by atoms with van der Waals surface area (Å²) in [4.78, 5) is 3.85. The molecule has 25 heavy (non-hydrogen) atoms. The standard InChI is InChI=1S/C15H15ClF3N3O2S/c16-12-8-11(15(17,18)19)1-2-13(12)25(23,24)21-9-10-3-5-22-6-4-20-14(22)7-10/h1-2,4,6,8,10,21H,3,5,7,9H2/t10-/m0/s1. The Labute approximate surface area is 147 Å². The number of imidazole rings is 1. The normalized spacial score (nSPS) is 18.2. The van der Waals surface area contributed by atoms with Gasteiger partial charge in [0.1, 0.15) is 10.7 Å². The van der Waals surface area contributed by atoms with Crippen molar-refractivity contribution in [1.29, 1.82) is 0 Å². The first-order valence-electron chi connectivity index (χ1n) is 7.53. The van der Waals surface area contributed by atoms with Crippen LogP contribution >= 0.6 is 11.6 Å². The van der Waals surface area contributed by atoms with Crippen LogP contribution < -0.4 is 4.72 Å². The van der Waals surface area contributed by atoms with Gasteiger partial charge in [-0.3, -0.25) is 0 Å². The molecule has 0 bridgehead atoms. The minimum Gasteiger partial charge on any atom is -0.335 e. The maximum Gasteiger partial charge on any atom is 0.416 e. The highest BCUT2D eigenvalue weighted by Crippen LogP contribution is 2.33. The molecule has 1 aliphatic heterocycles. The smallest absolute Gasteiger partial charge is 0.335 e. The van der Waals surface area contributed by atoms with Gasteiger partial charge in [-0.1, -0.05) is 11.6 Å². The van der Waals surface area contributed by atoms with Crippen LogP contribution in [0.5, 0.6) is 0 Å². The number of aromatic nitrogens is 2. The van der Waals surface area contributed by atoms with Gasteiger partial charge in [0.2, 0.25) is 10.0 Å². The minimum absolute atomic E-state index is 0.0675. The maximum absolute atomic E-state index is 12.7. The molecule has 5 nitrogen and oxygen atoms in total. The molecule has 0 spiro atoms. The van der Waals surface area contributed by atoms with Gasteiger partial charge in [-0.2, -0.15) is 13.2 Å². The van der Waals surface area contributed by atoms with Crippen molar-refractivity contribution in [2.24, 2.45) is 5.92 Å². The molecule has 1 aromatic heterocycles. The Morgan fingerprint density at radius 2 is 2.12 bits per heavy atom. The molecule has 10 heteroatoms. The predicted octanol–water partition coefficient (Wildman–Crippen LogP) is 3.10. The molecule has 2 aromatic rings. The Hall–Kier alpha value is -1.58. The second-order valence-corrected chi connectivity index (χ2v) is 8.03. The number of nitrogens with zero attached hydrogens (tertiary/aromatic N) is 2. The highest BCUT2D eigenvalue weighted by atomic mass is 35.5. The number of nitrogens with one attached hydrogen (secondary N) is 1. The van der Waals surface area contributed by atoms with E-state index in [9.17, 15) is 21.6 Å². The molecule has 0 amide bonds. The van der Waals surface area contributed by atoms with E-state index in [0.717, 1.165) is 24.9 Å². The lowest BCUT2D eigenvalue weighted by Crippen LogP contribution is -2.33. The van der Waals surface area contributed by atoms with Crippen molar-refractivity contribution < 1.29 is 21.6 Å². The van der Waals surface area contributed by atoms with Crippen molar-refractivity contribution in [3.8, 4) is 0 Å². The van der Waals surface area contributed by atoms with Gasteiger partial charge in [0.25, 0.3) is 0 Å². The number of alkyl halides is 3. The van der Waals surface area contributed by atoms with Crippen LogP contribution in [0.2, 0.25) is 5.02 Å². The third-order valence-corrected chi connectivity index (χ3v) is 6.07. The van der Waals surface area contributed by atoms with E-state index in [1.165, 1.54) is 0 Å². The quantitative estimate of drug-likeness (QED) is 0.868. The fourth-order valence-electron chi connectivity index (χ4n) is 2.79. The fraction of sp³-hybridized carbons (Fsp3) is 0.400. The zero-order valence-electron chi connectivity index (χ0n) is 12.9. The lowest BCUT2D eigenvalue weighted by molar-refractivity contribution is -0.137. The molecule has 2 heterocycles. The molecule has 1 aromatic carbocycles. The van der Waals surface area contributed by atoms with Crippen molar-refractivity contribution in [1.82, 2.24) is 14.3 Å². The molecule has 0 radical (unpaired) electrons. The van der Waals surface area contributed by atoms with Crippen LogP contribution in [0.15, 0.2) is 35.5 Å². The molecule has 0 unspecified atom stereocenters. The number of halogens is 4. The Morgan fingerprint density at radius 1 is 1.36 bits per heavy atom. The van der Waals surface area contributed by atoms with Crippen LogP contribution in [-0.4, -0.2) is 24.5 Å². The molecule has 0 saturated heterocycles. The summed E-state index contributed by atoms with van der Waals surface area (Å²) in [7, 11) is -3.99. The van der Waals surface area contributed by atoms with Gasteiger partial charge in [0.15, 0.2) is 0 Å². The summed E-state index contributed by atoms with van der Waals surface area (Å²) >= 11 is 5.76. The van der Waals surface area contributed by atoms with E-state index in [0.29, 0.717) is 18.6 Å². The molecule has 136 valence electrons. The summed E-state index contributed by atoms with van der Waals surface area (Å²) in [5.74, 6) is 0.959. The van der Waals surface area contributed by atoms with E-state index in [-0.39, 0.29) is 17.4 Å². The van der Waals surface area contributed by atoms with Crippen molar-refractivity contribution in [3.05, 3.63) is 47.0 Å². The first-order valence-corrected chi connectivity index (χ1v) is 9.39. The molecule has 3 rings (SSSR count). The fourth-order valence-corrected chi connectivity index (χ4v) is 4.45. The highest BCUT2D eigenvalue weighted by Gasteiger charge is 2.32. The summed E-state index contributed by atoms with van der Waals surface area (Å²) in [6, 6.07) is 2.20. The summed E-state index contributed by atoms with van der Waals surface area (Å²) < 4.78 is 67.1. The first kappa shape index (κ1) is 18.2. The summed E-state index contributed by atoms with van der Waals surface area (Å²) in [6.45, 7) is 0.926. The molecular weight excluding hydrogens is 379 g/mol. The monoisotopic (exact) mass is 393 g/mol. The second-order valence-electron chi connectivity index (χ2n) is 5.89. The number of benzene rings is 1. The molecule has 1 aliphatic rings. The Balaban J connectivity index is 1.70. The minimum atomic E-state index is -4.58. The van der Waals surface area contributed by atoms with Crippen LogP contribution in [0.4, 0.5) is 13.2 Å². The molecule has 1 N–H and O–H groups in total. The van der Waals surface area contributed by atoms with E-state index >= 15 is 0 Å². The number of fused-ring (bicyclic) bond motifs is 1. The highest BCUT2D eigenvalue weighted by molar-refractivity contribution is 7.89. The topological polar surface area (TPSA) is 64.0 Å². The Bertz CT molecular complexity index is 880. The first-order chi connectivity index (χ1) is 11.7. The largest absolute Gasteiger partial charge is 0.416 e. The summed E-state index contributed by atoms with van der Waals surface area (Å²) in [6.07, 6.45) is 0.411. The van der Waals surface area contributed by atoms with E-state index in [1.807, 2.05) is 10.8 Å². The number of sulfonamides is 1. The molecule has 0 fully saturated rings. The van der Waals surface area contributed by atoms with Crippen molar-refractivity contribution in [2.45, 2.75) is 30.5 Å². The maximum atomic E-state index is 12.7. The predicted molar refractivity (Wildman–Crippen MR) is 85.7 cm³/mol. The van der Waals surface area contributed by atoms with Crippen LogP contribution in [0.3, 0.4) is 0 Å².